The normalized spacial score (nSPS) is 18.9. The van der Waals surface area contributed by atoms with Crippen LogP contribution in [0.3, 0.4) is 0 Å². The minimum Gasteiger partial charge on any atom is -0.494 e. The molecule has 1 aliphatic carbocycles. The van der Waals surface area contributed by atoms with Crippen molar-refractivity contribution >= 4 is 5.97 Å². The molecule has 4 heteroatoms. The van der Waals surface area contributed by atoms with Crippen molar-refractivity contribution in [2.45, 2.75) is 96.8 Å². The van der Waals surface area contributed by atoms with Crippen molar-refractivity contribution in [3.05, 3.63) is 54.1 Å². The molecule has 1 fully saturated rings. The van der Waals surface area contributed by atoms with Crippen LogP contribution < -0.4 is 4.74 Å². The Morgan fingerprint density at radius 2 is 1.53 bits per heavy atom. The van der Waals surface area contributed by atoms with Crippen LogP contribution in [0.2, 0.25) is 0 Å². The highest BCUT2D eigenvalue weighted by atomic mass is 19.1. The number of halogens is 1. The summed E-state index contributed by atoms with van der Waals surface area (Å²) in [6.07, 6.45) is 8.57. The van der Waals surface area contributed by atoms with Crippen LogP contribution in [0.25, 0.3) is 11.1 Å². The molecule has 1 atom stereocenters. The van der Waals surface area contributed by atoms with Gasteiger partial charge in [-0.1, -0.05) is 69.5 Å². The second-order valence-corrected chi connectivity index (χ2v) is 9.65. The van der Waals surface area contributed by atoms with Crippen molar-refractivity contribution in [3.63, 3.8) is 0 Å². The summed E-state index contributed by atoms with van der Waals surface area (Å²) in [7, 11) is 0. The van der Waals surface area contributed by atoms with Crippen LogP contribution in [-0.2, 0) is 16.0 Å². The number of alkyl halides is 1. The van der Waals surface area contributed by atoms with Crippen LogP contribution in [0, 0.1) is 5.92 Å². The van der Waals surface area contributed by atoms with Gasteiger partial charge >= 0.3 is 5.97 Å². The highest BCUT2D eigenvalue weighted by molar-refractivity contribution is 5.74. The van der Waals surface area contributed by atoms with E-state index >= 15 is 0 Å². The number of aryl methyl sites for hydroxylation is 1. The van der Waals surface area contributed by atoms with Crippen LogP contribution in [-0.4, -0.2) is 24.9 Å². The summed E-state index contributed by atoms with van der Waals surface area (Å²) in [5, 5.41) is 0. The Hall–Kier alpha value is -2.36. The minimum absolute atomic E-state index is 0.105. The van der Waals surface area contributed by atoms with Gasteiger partial charge in [-0.15, -0.1) is 0 Å². The van der Waals surface area contributed by atoms with Crippen LogP contribution in [0.4, 0.5) is 4.39 Å². The number of carbonyl (C=O) groups is 1. The summed E-state index contributed by atoms with van der Waals surface area (Å²) in [4.78, 5) is 11.9. The van der Waals surface area contributed by atoms with Gasteiger partial charge in [0.2, 0.25) is 0 Å². The zero-order valence-electron chi connectivity index (χ0n) is 20.9. The molecular formula is C30H41FO3. The maximum Gasteiger partial charge on any atom is 0.340 e. The molecule has 3 nitrogen and oxygen atoms in total. The summed E-state index contributed by atoms with van der Waals surface area (Å²) < 4.78 is 25.0. The van der Waals surface area contributed by atoms with E-state index in [1.807, 2.05) is 19.1 Å². The van der Waals surface area contributed by atoms with E-state index in [9.17, 15) is 9.18 Å². The lowest BCUT2D eigenvalue weighted by Gasteiger charge is -2.28. The number of hydrogen-bond donors (Lipinski definition) is 0. The number of unbranched alkanes of at least 4 members (excludes halogenated alkanes) is 2. The SMILES string of the molecule is CCCCOc1ccc(-c2ccc(CC[C@H]3CC[C@H](OC(=O)[C@@H](F)CCCC)CC3)cc2)cc1. The molecule has 0 amide bonds. The van der Waals surface area contributed by atoms with E-state index in [-0.39, 0.29) is 12.5 Å². The lowest BCUT2D eigenvalue weighted by Crippen LogP contribution is -2.29. The van der Waals surface area contributed by atoms with Crippen molar-refractivity contribution in [2.24, 2.45) is 5.92 Å². The zero-order chi connectivity index (χ0) is 24.2. The molecule has 0 N–H and O–H groups in total. The van der Waals surface area contributed by atoms with Crippen LogP contribution in [0.15, 0.2) is 48.5 Å². The first kappa shape index (κ1) is 26.2. The Bertz CT molecular complexity index is 838. The number of hydrogen-bond acceptors (Lipinski definition) is 3. The van der Waals surface area contributed by atoms with Gasteiger partial charge < -0.3 is 9.47 Å². The van der Waals surface area contributed by atoms with E-state index in [0.717, 1.165) is 76.6 Å². The zero-order valence-corrected chi connectivity index (χ0v) is 20.9. The third kappa shape index (κ3) is 8.45. The third-order valence-corrected chi connectivity index (χ3v) is 6.89. The highest BCUT2D eigenvalue weighted by Gasteiger charge is 2.27. The summed E-state index contributed by atoms with van der Waals surface area (Å²) in [5.74, 6) is 0.922. The molecule has 186 valence electrons. The molecule has 0 aliphatic heterocycles. The van der Waals surface area contributed by atoms with Gasteiger partial charge in [-0.3, -0.25) is 0 Å². The molecule has 1 saturated carbocycles. The van der Waals surface area contributed by atoms with Gasteiger partial charge in [0.05, 0.1) is 6.61 Å². The van der Waals surface area contributed by atoms with E-state index in [1.165, 1.54) is 16.7 Å². The summed E-state index contributed by atoms with van der Waals surface area (Å²) in [6, 6.07) is 17.2. The Balaban J connectivity index is 1.38. The first-order valence-corrected chi connectivity index (χ1v) is 13.3. The lowest BCUT2D eigenvalue weighted by atomic mass is 9.83. The molecule has 0 saturated heterocycles. The number of esters is 1. The smallest absolute Gasteiger partial charge is 0.340 e. The molecule has 0 aromatic heterocycles. The van der Waals surface area contributed by atoms with Crippen LogP contribution in [0.1, 0.15) is 83.6 Å². The Labute approximate surface area is 205 Å². The predicted octanol–water partition coefficient (Wildman–Crippen LogP) is 8.10. The molecule has 1 aliphatic rings. The Morgan fingerprint density at radius 1 is 0.912 bits per heavy atom. The molecule has 2 aromatic carbocycles. The van der Waals surface area contributed by atoms with Crippen molar-refractivity contribution in [2.75, 3.05) is 6.61 Å². The average Bonchev–Trinajstić information content (AvgIpc) is 2.87. The fourth-order valence-electron chi connectivity index (χ4n) is 4.59. The van der Waals surface area contributed by atoms with Crippen LogP contribution in [0.5, 0.6) is 5.75 Å². The average molecular weight is 469 g/mol. The molecule has 0 unspecified atom stereocenters. The van der Waals surface area contributed by atoms with Crippen molar-refractivity contribution in [1.29, 1.82) is 0 Å². The molecule has 3 rings (SSSR count). The first-order chi connectivity index (χ1) is 16.6. The van der Waals surface area contributed by atoms with Crippen molar-refractivity contribution in [3.8, 4) is 16.9 Å². The molecular weight excluding hydrogens is 427 g/mol. The van der Waals surface area contributed by atoms with E-state index in [0.29, 0.717) is 5.92 Å². The number of rotatable bonds is 13. The molecule has 0 radical (unpaired) electrons. The van der Waals surface area contributed by atoms with Gasteiger partial charge in [0, 0.05) is 0 Å². The third-order valence-electron chi connectivity index (χ3n) is 6.89. The fraction of sp³-hybridized carbons (Fsp3) is 0.567. The van der Waals surface area contributed by atoms with E-state index in [2.05, 4.69) is 43.3 Å². The van der Waals surface area contributed by atoms with E-state index in [1.54, 1.807) is 0 Å². The molecule has 0 bridgehead atoms. The highest BCUT2D eigenvalue weighted by Crippen LogP contribution is 2.30. The van der Waals surface area contributed by atoms with Gasteiger partial charge in [-0.05, 0) is 86.1 Å². The standard InChI is InChI=1S/C30H41FO3/c1-3-5-7-29(31)30(32)34-28-18-12-24(13-19-28)9-8-23-10-14-25(15-11-23)26-16-20-27(21-17-26)33-22-6-4-2/h10-11,14-17,20-21,24,28-29H,3-9,12-13,18-19,22H2,1-2H3/t24-,28-,29-/m0/s1. The summed E-state index contributed by atoms with van der Waals surface area (Å²) >= 11 is 0. The topological polar surface area (TPSA) is 35.5 Å². The number of carbonyl (C=O) groups excluding carboxylic acids is 1. The first-order valence-electron chi connectivity index (χ1n) is 13.3. The maximum atomic E-state index is 13.9. The number of benzene rings is 2. The van der Waals surface area contributed by atoms with Gasteiger partial charge in [0.15, 0.2) is 6.17 Å². The predicted molar refractivity (Wildman–Crippen MR) is 137 cm³/mol. The maximum absolute atomic E-state index is 13.9. The molecule has 0 spiro atoms. The molecule has 0 heterocycles. The fourth-order valence-corrected chi connectivity index (χ4v) is 4.59. The number of ether oxygens (including phenoxy) is 2. The Morgan fingerprint density at radius 3 is 2.15 bits per heavy atom. The van der Waals surface area contributed by atoms with Gasteiger partial charge in [0.1, 0.15) is 11.9 Å². The lowest BCUT2D eigenvalue weighted by molar-refractivity contribution is -0.157. The monoisotopic (exact) mass is 468 g/mol. The largest absolute Gasteiger partial charge is 0.494 e. The van der Waals surface area contributed by atoms with E-state index < -0.39 is 12.1 Å². The van der Waals surface area contributed by atoms with Gasteiger partial charge in [0.25, 0.3) is 0 Å². The Kier molecular flexibility index (Phi) is 10.9. The quantitative estimate of drug-likeness (QED) is 0.220. The summed E-state index contributed by atoms with van der Waals surface area (Å²) in [6.45, 7) is 4.94. The van der Waals surface area contributed by atoms with Gasteiger partial charge in [-0.2, -0.15) is 0 Å². The molecule has 2 aromatic rings. The molecule has 34 heavy (non-hydrogen) atoms. The van der Waals surface area contributed by atoms with Crippen LogP contribution >= 0.6 is 0 Å². The minimum atomic E-state index is -1.46. The van der Waals surface area contributed by atoms with Crippen molar-refractivity contribution < 1.29 is 18.7 Å². The summed E-state index contributed by atoms with van der Waals surface area (Å²) in [5.41, 5.74) is 3.77. The van der Waals surface area contributed by atoms with E-state index in [4.69, 9.17) is 9.47 Å². The second-order valence-electron chi connectivity index (χ2n) is 9.65. The second kappa shape index (κ2) is 14.1. The van der Waals surface area contributed by atoms with Crippen molar-refractivity contribution in [1.82, 2.24) is 0 Å². The van der Waals surface area contributed by atoms with Gasteiger partial charge in [-0.25, -0.2) is 9.18 Å².